The molecule has 2 atom stereocenters. The molecule has 3 rings (SSSR count). The summed E-state index contributed by atoms with van der Waals surface area (Å²) < 4.78 is 4.82. The van der Waals surface area contributed by atoms with Gasteiger partial charge in [-0.3, -0.25) is 14.5 Å². The van der Waals surface area contributed by atoms with Crippen LogP contribution in [0.5, 0.6) is 0 Å². The highest BCUT2D eigenvalue weighted by atomic mass is 32.2. The summed E-state index contributed by atoms with van der Waals surface area (Å²) in [6.45, 7) is 0. The third kappa shape index (κ3) is 2.30. The van der Waals surface area contributed by atoms with E-state index in [0.29, 0.717) is 16.9 Å². The third-order valence-corrected chi connectivity index (χ3v) is 5.23. The van der Waals surface area contributed by atoms with Crippen LogP contribution in [0, 0.1) is 0 Å². The van der Waals surface area contributed by atoms with Crippen LogP contribution in [0.1, 0.15) is 10.4 Å². The van der Waals surface area contributed by atoms with E-state index in [2.05, 4.69) is 17.9 Å². The molecule has 7 nitrogen and oxygen atoms in total. The van der Waals surface area contributed by atoms with Gasteiger partial charge in [-0.2, -0.15) is 12.6 Å². The summed E-state index contributed by atoms with van der Waals surface area (Å²) in [6, 6.07) is 0.759. The summed E-state index contributed by atoms with van der Waals surface area (Å²) in [6.07, 6.45) is 2.65. The SMILES string of the molecule is O=C(O)C1=C(CS)CSC2C(NC(=O)c3ccoc3)C(=O)N12. The van der Waals surface area contributed by atoms with E-state index in [1.54, 1.807) is 0 Å². The summed E-state index contributed by atoms with van der Waals surface area (Å²) in [5, 5.41) is 11.5. The number of amides is 2. The van der Waals surface area contributed by atoms with E-state index in [-0.39, 0.29) is 11.4 Å². The van der Waals surface area contributed by atoms with Gasteiger partial charge >= 0.3 is 5.97 Å². The minimum Gasteiger partial charge on any atom is -0.477 e. The maximum atomic E-state index is 12.2. The zero-order valence-corrected chi connectivity index (χ0v) is 12.9. The molecule has 0 spiro atoms. The van der Waals surface area contributed by atoms with Gasteiger partial charge in [0.05, 0.1) is 11.8 Å². The smallest absolute Gasteiger partial charge is 0.352 e. The van der Waals surface area contributed by atoms with Crippen molar-refractivity contribution in [1.82, 2.24) is 10.2 Å². The molecule has 9 heteroatoms. The molecule has 1 saturated heterocycles. The Morgan fingerprint density at radius 3 is 2.91 bits per heavy atom. The number of rotatable bonds is 4. The quantitative estimate of drug-likeness (QED) is 0.547. The molecule has 0 aromatic carbocycles. The van der Waals surface area contributed by atoms with Crippen molar-refractivity contribution < 1.29 is 23.9 Å². The Morgan fingerprint density at radius 2 is 2.32 bits per heavy atom. The van der Waals surface area contributed by atoms with E-state index in [4.69, 9.17) is 4.42 Å². The molecule has 2 aliphatic rings. The highest BCUT2D eigenvalue weighted by molar-refractivity contribution is 8.00. The summed E-state index contributed by atoms with van der Waals surface area (Å²) in [5.41, 5.74) is 0.903. The molecule has 1 fully saturated rings. The number of furan rings is 1. The van der Waals surface area contributed by atoms with Crippen LogP contribution < -0.4 is 5.32 Å². The van der Waals surface area contributed by atoms with Gasteiger partial charge in [0.1, 0.15) is 23.4 Å². The first-order valence-corrected chi connectivity index (χ1v) is 8.06. The molecule has 0 bridgehead atoms. The minimum absolute atomic E-state index is 0.0161. The highest BCUT2D eigenvalue weighted by Gasteiger charge is 2.54. The number of thioether (sulfide) groups is 1. The first-order chi connectivity index (χ1) is 10.5. The zero-order chi connectivity index (χ0) is 15.9. The fraction of sp³-hybridized carbons (Fsp3) is 0.308. The first kappa shape index (κ1) is 15.0. The summed E-state index contributed by atoms with van der Waals surface area (Å²) in [5.74, 6) is -1.25. The van der Waals surface area contributed by atoms with Crippen molar-refractivity contribution in [3.8, 4) is 0 Å². The Labute approximate surface area is 135 Å². The molecule has 0 radical (unpaired) electrons. The van der Waals surface area contributed by atoms with Gasteiger partial charge in [-0.1, -0.05) is 0 Å². The van der Waals surface area contributed by atoms with Crippen LogP contribution in [0.25, 0.3) is 0 Å². The number of nitrogens with one attached hydrogen (secondary N) is 1. The lowest BCUT2D eigenvalue weighted by atomic mass is 10.0. The number of β-lactam (4-membered cyclic amide) rings is 1. The predicted octanol–water partition coefficient (Wildman–Crippen LogP) is 0.562. The van der Waals surface area contributed by atoms with Gasteiger partial charge in [-0.15, -0.1) is 11.8 Å². The van der Waals surface area contributed by atoms with Crippen molar-refractivity contribution in [3.05, 3.63) is 35.4 Å². The Bertz CT molecular complexity index is 670. The molecule has 1 aromatic heterocycles. The van der Waals surface area contributed by atoms with Gasteiger partial charge in [0.15, 0.2) is 0 Å². The van der Waals surface area contributed by atoms with Gasteiger partial charge in [-0.25, -0.2) is 4.79 Å². The summed E-state index contributed by atoms with van der Waals surface area (Å²) in [7, 11) is 0. The van der Waals surface area contributed by atoms with E-state index in [0.717, 1.165) is 0 Å². The van der Waals surface area contributed by atoms with Gasteiger partial charge in [0, 0.05) is 11.5 Å². The summed E-state index contributed by atoms with van der Waals surface area (Å²) in [4.78, 5) is 36.8. The molecule has 2 N–H and O–H groups in total. The monoisotopic (exact) mass is 340 g/mol. The lowest BCUT2D eigenvalue weighted by molar-refractivity contribution is -0.148. The number of carbonyl (C=O) groups is 3. The number of thiol groups is 1. The van der Waals surface area contributed by atoms with Crippen molar-refractivity contribution in [2.45, 2.75) is 11.4 Å². The van der Waals surface area contributed by atoms with Crippen molar-refractivity contribution in [2.75, 3.05) is 11.5 Å². The minimum atomic E-state index is -1.15. The predicted molar refractivity (Wildman–Crippen MR) is 81.6 cm³/mol. The van der Waals surface area contributed by atoms with Gasteiger partial charge < -0.3 is 14.8 Å². The van der Waals surface area contributed by atoms with Crippen molar-refractivity contribution in [3.63, 3.8) is 0 Å². The second-order valence-corrected chi connectivity index (χ2v) is 6.21. The number of fused-ring (bicyclic) bond motifs is 1. The van der Waals surface area contributed by atoms with Crippen LogP contribution in [0.2, 0.25) is 0 Å². The number of carboxylic acid groups (broad SMARTS) is 1. The lowest BCUT2D eigenvalue weighted by Crippen LogP contribution is -2.70. The fourth-order valence-corrected chi connectivity index (χ4v) is 4.18. The molecule has 2 amide bonds. The largest absolute Gasteiger partial charge is 0.477 e. The Balaban J connectivity index is 1.78. The van der Waals surface area contributed by atoms with Crippen LogP contribution in [-0.2, 0) is 9.59 Å². The van der Waals surface area contributed by atoms with Crippen molar-refractivity contribution in [2.24, 2.45) is 0 Å². The average molecular weight is 340 g/mol. The molecule has 2 aliphatic heterocycles. The van der Waals surface area contributed by atoms with E-state index in [1.807, 2.05) is 0 Å². The van der Waals surface area contributed by atoms with Gasteiger partial charge in [0.2, 0.25) is 0 Å². The molecular formula is C13H12N2O5S2. The maximum Gasteiger partial charge on any atom is 0.352 e. The van der Waals surface area contributed by atoms with Crippen molar-refractivity contribution >= 4 is 42.2 Å². The molecule has 22 heavy (non-hydrogen) atoms. The van der Waals surface area contributed by atoms with Crippen LogP contribution in [0.4, 0.5) is 0 Å². The number of hydrogen-bond donors (Lipinski definition) is 3. The van der Waals surface area contributed by atoms with Crippen LogP contribution in [-0.4, -0.2) is 50.7 Å². The molecule has 3 heterocycles. The Kier molecular flexibility index (Phi) is 3.92. The standard InChI is InChI=1S/C13H12N2O5S2/c16-10(6-1-2-20-3-6)14-8-11(17)15-9(13(18)19)7(4-21)5-22-12(8)15/h1-3,8,12,21H,4-5H2,(H,14,16)(H,18,19). The molecule has 1 aromatic rings. The number of aliphatic carboxylic acids is 1. The second kappa shape index (κ2) is 5.73. The van der Waals surface area contributed by atoms with Crippen LogP contribution >= 0.6 is 24.4 Å². The molecular weight excluding hydrogens is 328 g/mol. The number of carbonyl (C=O) groups excluding carboxylic acids is 2. The normalized spacial score (nSPS) is 23.9. The molecule has 116 valence electrons. The lowest BCUT2D eigenvalue weighted by Gasteiger charge is -2.49. The third-order valence-electron chi connectivity index (χ3n) is 3.51. The topological polar surface area (TPSA) is 99.9 Å². The number of hydrogen-bond acceptors (Lipinski definition) is 6. The maximum absolute atomic E-state index is 12.2. The second-order valence-electron chi connectivity index (χ2n) is 4.79. The van der Waals surface area contributed by atoms with Gasteiger partial charge in [0.25, 0.3) is 11.8 Å². The summed E-state index contributed by atoms with van der Waals surface area (Å²) >= 11 is 5.52. The first-order valence-electron chi connectivity index (χ1n) is 6.38. The Morgan fingerprint density at radius 1 is 1.55 bits per heavy atom. The highest BCUT2D eigenvalue weighted by Crippen LogP contribution is 2.40. The van der Waals surface area contributed by atoms with Gasteiger partial charge in [-0.05, 0) is 11.6 Å². The fourth-order valence-electron chi connectivity index (χ4n) is 2.42. The molecule has 0 aliphatic carbocycles. The number of carboxylic acids is 1. The molecule has 0 saturated carbocycles. The van der Waals surface area contributed by atoms with E-state index < -0.39 is 29.2 Å². The number of nitrogens with zero attached hydrogens (tertiary/aromatic N) is 1. The average Bonchev–Trinajstić information content (AvgIpc) is 3.04. The van der Waals surface area contributed by atoms with Crippen LogP contribution in [0.3, 0.4) is 0 Å². The molecule has 2 unspecified atom stereocenters. The Hall–Kier alpha value is -1.87. The van der Waals surface area contributed by atoms with Crippen LogP contribution in [0.15, 0.2) is 34.3 Å². The van der Waals surface area contributed by atoms with E-state index in [9.17, 15) is 19.5 Å². The van der Waals surface area contributed by atoms with E-state index in [1.165, 1.54) is 35.3 Å². The zero-order valence-electron chi connectivity index (χ0n) is 11.2. The van der Waals surface area contributed by atoms with Crippen molar-refractivity contribution in [1.29, 1.82) is 0 Å². The van der Waals surface area contributed by atoms with E-state index >= 15 is 0 Å².